The Bertz CT molecular complexity index is 1310. The molecule has 0 saturated carbocycles. The van der Waals surface area contributed by atoms with Crippen molar-refractivity contribution in [3.05, 3.63) is 107 Å². The molecule has 0 radical (unpaired) electrons. The van der Waals surface area contributed by atoms with Crippen LogP contribution in [0.4, 0.5) is 11.6 Å². The number of para-hydroxylation sites is 1. The van der Waals surface area contributed by atoms with Gasteiger partial charge in [0.05, 0.1) is 5.57 Å². The Balaban J connectivity index is 1.60. The minimum Gasteiger partial charge on any atom is -0.328 e. The first-order valence-electron chi connectivity index (χ1n) is 10.5. The molecule has 0 bridgehead atoms. The largest absolute Gasteiger partial charge is 0.328 e. The number of rotatable bonds is 4. The van der Waals surface area contributed by atoms with E-state index in [0.717, 1.165) is 28.1 Å². The fraction of sp³-hybridized carbons (Fsp3) is 0.115. The van der Waals surface area contributed by atoms with E-state index in [1.165, 1.54) is 0 Å². The molecular weight excluding hydrogens is 398 g/mol. The number of aryl methyl sites for hydroxylation is 1. The van der Waals surface area contributed by atoms with E-state index in [9.17, 15) is 4.79 Å². The average molecular weight is 422 g/mol. The molecule has 1 aliphatic rings. The lowest BCUT2D eigenvalue weighted by molar-refractivity contribution is -0.113. The second kappa shape index (κ2) is 8.15. The van der Waals surface area contributed by atoms with E-state index in [1.54, 1.807) is 4.68 Å². The van der Waals surface area contributed by atoms with Crippen LogP contribution < -0.4 is 10.6 Å². The number of carbonyl (C=O) groups excluding carboxylic acids is 1. The number of aromatic nitrogens is 3. The third kappa shape index (κ3) is 3.67. The molecule has 1 atom stereocenters. The van der Waals surface area contributed by atoms with Crippen LogP contribution in [0.3, 0.4) is 0 Å². The van der Waals surface area contributed by atoms with Crippen molar-refractivity contribution in [3.63, 3.8) is 0 Å². The number of hydrogen-bond acceptors (Lipinski definition) is 4. The van der Waals surface area contributed by atoms with Gasteiger partial charge < -0.3 is 10.6 Å². The van der Waals surface area contributed by atoms with Crippen molar-refractivity contribution in [2.24, 2.45) is 0 Å². The highest BCUT2D eigenvalue weighted by Crippen LogP contribution is 2.36. The first-order valence-corrected chi connectivity index (χ1v) is 10.5. The fourth-order valence-corrected chi connectivity index (χ4v) is 4.01. The molecule has 32 heavy (non-hydrogen) atoms. The summed E-state index contributed by atoms with van der Waals surface area (Å²) in [7, 11) is 0. The Kier molecular flexibility index (Phi) is 5.03. The van der Waals surface area contributed by atoms with Gasteiger partial charge in [0.15, 0.2) is 5.82 Å². The number of anilines is 2. The van der Waals surface area contributed by atoms with E-state index in [-0.39, 0.29) is 5.91 Å². The van der Waals surface area contributed by atoms with Gasteiger partial charge in [0.2, 0.25) is 5.95 Å². The van der Waals surface area contributed by atoms with Crippen LogP contribution in [0, 0.1) is 6.92 Å². The number of amides is 1. The van der Waals surface area contributed by atoms with Gasteiger partial charge in [0.1, 0.15) is 6.04 Å². The van der Waals surface area contributed by atoms with E-state index < -0.39 is 6.04 Å². The summed E-state index contributed by atoms with van der Waals surface area (Å²) in [5.74, 6) is 1.06. The third-order valence-corrected chi connectivity index (χ3v) is 5.52. The Morgan fingerprint density at radius 3 is 2.38 bits per heavy atom. The number of allylic oxidation sites excluding steroid dienone is 1. The van der Waals surface area contributed by atoms with Crippen molar-refractivity contribution in [3.8, 4) is 11.4 Å². The highest BCUT2D eigenvalue weighted by molar-refractivity contribution is 6.06. The molecule has 1 unspecified atom stereocenters. The highest BCUT2D eigenvalue weighted by Gasteiger charge is 2.34. The molecule has 6 heteroatoms. The second-order valence-electron chi connectivity index (χ2n) is 7.87. The molecule has 0 aliphatic carbocycles. The van der Waals surface area contributed by atoms with Crippen LogP contribution >= 0.6 is 0 Å². The zero-order valence-corrected chi connectivity index (χ0v) is 17.9. The maximum atomic E-state index is 13.4. The van der Waals surface area contributed by atoms with Gasteiger partial charge >= 0.3 is 0 Å². The summed E-state index contributed by atoms with van der Waals surface area (Å²) in [5.41, 5.74) is 5.15. The minimum atomic E-state index is -0.401. The molecule has 0 saturated heterocycles. The van der Waals surface area contributed by atoms with Crippen LogP contribution in [0.5, 0.6) is 0 Å². The summed E-state index contributed by atoms with van der Waals surface area (Å²) < 4.78 is 1.81. The minimum absolute atomic E-state index is 0.173. The summed E-state index contributed by atoms with van der Waals surface area (Å²) in [6.07, 6.45) is 0. The Hall–Kier alpha value is -4.19. The van der Waals surface area contributed by atoms with Gasteiger partial charge in [-0.1, -0.05) is 72.3 Å². The lowest BCUT2D eigenvalue weighted by Gasteiger charge is -2.28. The predicted molar refractivity (Wildman–Crippen MR) is 126 cm³/mol. The zero-order chi connectivity index (χ0) is 22.1. The number of hydrogen-bond donors (Lipinski definition) is 2. The van der Waals surface area contributed by atoms with Crippen LogP contribution in [0.15, 0.2) is 96.2 Å². The zero-order valence-electron chi connectivity index (χ0n) is 17.9. The molecule has 2 heterocycles. The third-order valence-electron chi connectivity index (χ3n) is 5.52. The fourth-order valence-electron chi connectivity index (χ4n) is 4.01. The van der Waals surface area contributed by atoms with Gasteiger partial charge in [-0.25, -0.2) is 4.68 Å². The van der Waals surface area contributed by atoms with Gasteiger partial charge in [-0.15, -0.1) is 5.10 Å². The van der Waals surface area contributed by atoms with Crippen molar-refractivity contribution in [1.82, 2.24) is 14.8 Å². The molecule has 158 valence electrons. The Morgan fingerprint density at radius 1 is 0.938 bits per heavy atom. The SMILES string of the molecule is CC1=C(C(=O)Nc2ccccc2)C(c2ccccc2)n2nc(-c3cccc(C)c3)nc2N1. The summed E-state index contributed by atoms with van der Waals surface area (Å²) in [6.45, 7) is 3.95. The molecule has 5 rings (SSSR count). The van der Waals surface area contributed by atoms with E-state index >= 15 is 0 Å². The predicted octanol–water partition coefficient (Wildman–Crippen LogP) is 5.18. The standard InChI is InChI=1S/C26H23N5O/c1-17-10-9-13-20(16-17)24-29-26-27-18(2)22(25(32)28-21-14-7-4-8-15-21)23(31(26)30-24)19-11-5-3-6-12-19/h3-16,23H,1-2H3,(H,28,32)(H,27,29,30). The number of carbonyl (C=O) groups is 1. The summed E-state index contributed by atoms with van der Waals surface area (Å²) in [5, 5.41) is 11.1. The number of fused-ring (bicyclic) bond motifs is 1. The molecular formula is C26H23N5O. The van der Waals surface area contributed by atoms with Crippen molar-refractivity contribution in [2.75, 3.05) is 10.6 Å². The maximum Gasteiger partial charge on any atom is 0.255 e. The van der Waals surface area contributed by atoms with Crippen LogP contribution in [0.1, 0.15) is 24.1 Å². The van der Waals surface area contributed by atoms with Crippen LogP contribution in [0.25, 0.3) is 11.4 Å². The van der Waals surface area contributed by atoms with Gasteiger partial charge in [-0.3, -0.25) is 4.79 Å². The molecule has 1 aliphatic heterocycles. The van der Waals surface area contributed by atoms with Crippen molar-refractivity contribution < 1.29 is 4.79 Å². The van der Waals surface area contributed by atoms with E-state index in [1.807, 2.05) is 92.7 Å². The number of nitrogens with one attached hydrogen (secondary N) is 2. The molecule has 0 spiro atoms. The molecule has 0 fully saturated rings. The van der Waals surface area contributed by atoms with Crippen LogP contribution in [-0.4, -0.2) is 20.7 Å². The normalized spacial score (nSPS) is 15.1. The second-order valence-corrected chi connectivity index (χ2v) is 7.87. The summed E-state index contributed by atoms with van der Waals surface area (Å²) >= 11 is 0. The molecule has 2 N–H and O–H groups in total. The Morgan fingerprint density at radius 2 is 1.66 bits per heavy atom. The topological polar surface area (TPSA) is 71.8 Å². The average Bonchev–Trinajstić information content (AvgIpc) is 3.23. The lowest BCUT2D eigenvalue weighted by atomic mass is 9.95. The van der Waals surface area contributed by atoms with E-state index in [2.05, 4.69) is 16.7 Å². The summed E-state index contributed by atoms with van der Waals surface area (Å²) in [6, 6.07) is 27.1. The molecule has 6 nitrogen and oxygen atoms in total. The molecule has 1 amide bonds. The Labute approximate surface area is 186 Å². The van der Waals surface area contributed by atoms with Crippen LogP contribution in [0.2, 0.25) is 0 Å². The lowest BCUT2D eigenvalue weighted by Crippen LogP contribution is -2.31. The highest BCUT2D eigenvalue weighted by atomic mass is 16.1. The number of nitrogens with zero attached hydrogens (tertiary/aromatic N) is 3. The van der Waals surface area contributed by atoms with Gasteiger partial charge in [0.25, 0.3) is 5.91 Å². The molecule has 1 aromatic heterocycles. The van der Waals surface area contributed by atoms with Crippen molar-refractivity contribution in [1.29, 1.82) is 0 Å². The first-order chi connectivity index (χ1) is 15.6. The summed E-state index contributed by atoms with van der Waals surface area (Å²) in [4.78, 5) is 18.2. The molecule has 4 aromatic rings. The van der Waals surface area contributed by atoms with Gasteiger partial charge in [-0.05, 0) is 37.6 Å². The van der Waals surface area contributed by atoms with Gasteiger partial charge in [0, 0.05) is 16.9 Å². The van der Waals surface area contributed by atoms with Crippen molar-refractivity contribution >= 4 is 17.5 Å². The van der Waals surface area contributed by atoms with E-state index in [4.69, 9.17) is 10.1 Å². The van der Waals surface area contributed by atoms with Gasteiger partial charge in [-0.2, -0.15) is 4.98 Å². The quantitative estimate of drug-likeness (QED) is 0.476. The number of benzene rings is 3. The van der Waals surface area contributed by atoms with Crippen molar-refractivity contribution in [2.45, 2.75) is 19.9 Å². The maximum absolute atomic E-state index is 13.4. The smallest absolute Gasteiger partial charge is 0.255 e. The molecule has 3 aromatic carbocycles. The van der Waals surface area contributed by atoms with E-state index in [0.29, 0.717) is 17.3 Å². The monoisotopic (exact) mass is 421 g/mol. The van der Waals surface area contributed by atoms with Crippen LogP contribution in [-0.2, 0) is 4.79 Å². The first kappa shape index (κ1) is 19.8.